The van der Waals surface area contributed by atoms with Crippen LogP contribution in [-0.4, -0.2) is 35.9 Å². The number of piperidine rings is 1. The molecule has 0 bridgehead atoms. The quantitative estimate of drug-likeness (QED) is 0.757. The Morgan fingerprint density at radius 3 is 2.75 bits per heavy atom. The van der Waals surface area contributed by atoms with Crippen molar-refractivity contribution in [1.29, 1.82) is 0 Å². The Bertz CT molecular complexity index is 507. The molecule has 0 radical (unpaired) electrons. The van der Waals surface area contributed by atoms with Crippen LogP contribution in [0.3, 0.4) is 0 Å². The molecule has 1 fully saturated rings. The van der Waals surface area contributed by atoms with E-state index in [1.165, 1.54) is 31.1 Å². The van der Waals surface area contributed by atoms with Crippen LogP contribution in [0.1, 0.15) is 32.1 Å². The third-order valence-electron chi connectivity index (χ3n) is 3.55. The van der Waals surface area contributed by atoms with Crippen LogP contribution in [0.5, 0.6) is 0 Å². The van der Waals surface area contributed by atoms with E-state index in [1.807, 2.05) is 0 Å². The average Bonchev–Trinajstić information content (AvgIpc) is 2.49. The van der Waals surface area contributed by atoms with Crippen LogP contribution in [0.4, 0.5) is 5.69 Å². The van der Waals surface area contributed by atoms with E-state index in [-0.39, 0.29) is 11.5 Å². The number of nitrogens with zero attached hydrogens (tertiary/aromatic N) is 3. The van der Waals surface area contributed by atoms with Gasteiger partial charge in [0.1, 0.15) is 0 Å². The SMILES string of the molecule is COC(=O)CCCn1ncc(N2CCCCC2)cc1=O. The molecule has 0 aliphatic carbocycles. The number of carbonyl (C=O) groups excluding carboxylic acids is 1. The first-order valence-electron chi connectivity index (χ1n) is 7.09. The molecule has 0 N–H and O–H groups in total. The molecule has 0 spiro atoms. The molecule has 0 aromatic carbocycles. The Morgan fingerprint density at radius 2 is 2.10 bits per heavy atom. The lowest BCUT2D eigenvalue weighted by molar-refractivity contribution is -0.140. The number of aryl methyl sites for hydroxylation is 1. The van der Waals surface area contributed by atoms with Crippen molar-refractivity contribution in [2.24, 2.45) is 0 Å². The fourth-order valence-electron chi connectivity index (χ4n) is 2.39. The highest BCUT2D eigenvalue weighted by molar-refractivity contribution is 5.68. The number of esters is 1. The first kappa shape index (κ1) is 14.6. The molecule has 1 aliphatic rings. The van der Waals surface area contributed by atoms with E-state index in [9.17, 15) is 9.59 Å². The van der Waals surface area contributed by atoms with Crippen molar-refractivity contribution >= 4 is 11.7 Å². The van der Waals surface area contributed by atoms with Crippen LogP contribution in [0.2, 0.25) is 0 Å². The van der Waals surface area contributed by atoms with Gasteiger partial charge in [0, 0.05) is 32.1 Å². The summed E-state index contributed by atoms with van der Waals surface area (Å²) >= 11 is 0. The van der Waals surface area contributed by atoms with Gasteiger partial charge in [0.05, 0.1) is 19.0 Å². The maximum absolute atomic E-state index is 12.0. The standard InChI is InChI=1S/C14H21N3O3/c1-20-14(19)6-5-9-17-13(18)10-12(11-15-17)16-7-3-2-4-8-16/h10-11H,2-9H2,1H3. The van der Waals surface area contributed by atoms with Crippen LogP contribution in [0, 0.1) is 0 Å². The Balaban J connectivity index is 1.95. The van der Waals surface area contributed by atoms with Gasteiger partial charge in [-0.2, -0.15) is 5.10 Å². The molecule has 1 aliphatic heterocycles. The molecular weight excluding hydrogens is 258 g/mol. The normalized spacial score (nSPS) is 15.2. The molecule has 0 amide bonds. The van der Waals surface area contributed by atoms with Crippen LogP contribution < -0.4 is 10.5 Å². The van der Waals surface area contributed by atoms with E-state index in [0.29, 0.717) is 19.4 Å². The summed E-state index contributed by atoms with van der Waals surface area (Å²) in [5.74, 6) is -0.261. The molecule has 1 saturated heterocycles. The third-order valence-corrected chi connectivity index (χ3v) is 3.55. The Labute approximate surface area is 118 Å². The summed E-state index contributed by atoms with van der Waals surface area (Å²) in [5.41, 5.74) is 0.789. The molecule has 6 heteroatoms. The van der Waals surface area contributed by atoms with E-state index >= 15 is 0 Å². The summed E-state index contributed by atoms with van der Waals surface area (Å²) in [6.45, 7) is 2.43. The lowest BCUT2D eigenvalue weighted by Gasteiger charge is -2.28. The molecular formula is C14H21N3O3. The maximum atomic E-state index is 12.0. The largest absolute Gasteiger partial charge is 0.469 e. The van der Waals surface area contributed by atoms with Crippen molar-refractivity contribution in [2.75, 3.05) is 25.1 Å². The number of rotatable bonds is 5. The molecule has 1 aromatic rings. The zero-order chi connectivity index (χ0) is 14.4. The molecule has 0 unspecified atom stereocenters. The summed E-state index contributed by atoms with van der Waals surface area (Å²) in [6, 6.07) is 1.64. The van der Waals surface area contributed by atoms with Crippen LogP contribution in [0.25, 0.3) is 0 Å². The lowest BCUT2D eigenvalue weighted by Crippen LogP contribution is -2.32. The van der Waals surface area contributed by atoms with Crippen LogP contribution in [-0.2, 0) is 16.1 Å². The van der Waals surface area contributed by atoms with Crippen molar-refractivity contribution in [3.8, 4) is 0 Å². The zero-order valence-corrected chi connectivity index (χ0v) is 11.9. The van der Waals surface area contributed by atoms with E-state index in [0.717, 1.165) is 18.8 Å². The van der Waals surface area contributed by atoms with Crippen molar-refractivity contribution in [3.63, 3.8) is 0 Å². The van der Waals surface area contributed by atoms with Gasteiger partial charge in [-0.15, -0.1) is 0 Å². The lowest BCUT2D eigenvalue weighted by atomic mass is 10.1. The highest BCUT2D eigenvalue weighted by Gasteiger charge is 2.12. The molecule has 6 nitrogen and oxygen atoms in total. The summed E-state index contributed by atoms with van der Waals surface area (Å²) in [6.07, 6.45) is 6.20. The zero-order valence-electron chi connectivity index (χ0n) is 11.9. The molecule has 0 saturated carbocycles. The average molecular weight is 279 g/mol. The molecule has 1 aromatic heterocycles. The van der Waals surface area contributed by atoms with Gasteiger partial charge in [-0.3, -0.25) is 9.59 Å². The van der Waals surface area contributed by atoms with Gasteiger partial charge >= 0.3 is 5.97 Å². The van der Waals surface area contributed by atoms with Crippen molar-refractivity contribution < 1.29 is 9.53 Å². The predicted octanol–water partition coefficient (Wildman–Crippen LogP) is 1.19. The molecule has 2 heterocycles. The van der Waals surface area contributed by atoms with Gasteiger partial charge in [0.25, 0.3) is 5.56 Å². The highest BCUT2D eigenvalue weighted by Crippen LogP contribution is 2.16. The number of ether oxygens (including phenoxy) is 1. The molecule has 20 heavy (non-hydrogen) atoms. The van der Waals surface area contributed by atoms with Crippen molar-refractivity contribution in [3.05, 3.63) is 22.6 Å². The fourth-order valence-corrected chi connectivity index (χ4v) is 2.39. The molecule has 0 atom stereocenters. The monoisotopic (exact) mass is 279 g/mol. The topological polar surface area (TPSA) is 64.4 Å². The second kappa shape index (κ2) is 7.07. The van der Waals surface area contributed by atoms with Crippen LogP contribution in [0.15, 0.2) is 17.1 Å². The predicted molar refractivity (Wildman–Crippen MR) is 75.8 cm³/mol. The Hall–Kier alpha value is -1.85. The first-order valence-corrected chi connectivity index (χ1v) is 7.09. The van der Waals surface area contributed by atoms with Crippen LogP contribution >= 0.6 is 0 Å². The van der Waals surface area contributed by atoms with E-state index in [4.69, 9.17) is 0 Å². The number of methoxy groups -OCH3 is 1. The number of hydrogen-bond acceptors (Lipinski definition) is 5. The Kier molecular flexibility index (Phi) is 5.15. The van der Waals surface area contributed by atoms with E-state index in [2.05, 4.69) is 14.7 Å². The van der Waals surface area contributed by atoms with Gasteiger partial charge in [-0.1, -0.05) is 0 Å². The van der Waals surface area contributed by atoms with Gasteiger partial charge in [0.15, 0.2) is 0 Å². The number of carbonyl (C=O) groups is 1. The van der Waals surface area contributed by atoms with Crippen molar-refractivity contribution in [2.45, 2.75) is 38.6 Å². The fraction of sp³-hybridized carbons (Fsp3) is 0.643. The Morgan fingerprint density at radius 1 is 1.35 bits per heavy atom. The van der Waals surface area contributed by atoms with Gasteiger partial charge in [0.2, 0.25) is 0 Å². The van der Waals surface area contributed by atoms with E-state index < -0.39 is 0 Å². The van der Waals surface area contributed by atoms with E-state index in [1.54, 1.807) is 12.3 Å². The highest BCUT2D eigenvalue weighted by atomic mass is 16.5. The summed E-state index contributed by atoms with van der Waals surface area (Å²) < 4.78 is 5.96. The number of anilines is 1. The number of aromatic nitrogens is 2. The third kappa shape index (κ3) is 3.82. The van der Waals surface area contributed by atoms with Gasteiger partial charge in [-0.05, 0) is 25.7 Å². The minimum Gasteiger partial charge on any atom is -0.469 e. The minimum absolute atomic E-state index is 0.113. The second-order valence-corrected chi connectivity index (χ2v) is 5.00. The number of hydrogen-bond donors (Lipinski definition) is 0. The summed E-state index contributed by atoms with van der Waals surface area (Å²) in [5, 5.41) is 4.19. The van der Waals surface area contributed by atoms with Crippen molar-refractivity contribution in [1.82, 2.24) is 9.78 Å². The van der Waals surface area contributed by atoms with Gasteiger partial charge in [-0.25, -0.2) is 4.68 Å². The minimum atomic E-state index is -0.261. The summed E-state index contributed by atoms with van der Waals surface area (Å²) in [4.78, 5) is 25.2. The maximum Gasteiger partial charge on any atom is 0.305 e. The summed E-state index contributed by atoms with van der Waals surface area (Å²) in [7, 11) is 1.36. The first-order chi connectivity index (χ1) is 9.70. The second-order valence-electron chi connectivity index (χ2n) is 5.00. The van der Waals surface area contributed by atoms with Gasteiger partial charge < -0.3 is 9.64 Å². The molecule has 110 valence electrons. The molecule has 2 rings (SSSR count). The smallest absolute Gasteiger partial charge is 0.305 e.